The van der Waals surface area contributed by atoms with Crippen LogP contribution in [0.2, 0.25) is 0 Å². The summed E-state index contributed by atoms with van der Waals surface area (Å²) in [5.74, 6) is -0.543. The molecule has 0 spiro atoms. The van der Waals surface area contributed by atoms with E-state index in [0.717, 1.165) is 0 Å². The van der Waals surface area contributed by atoms with Gasteiger partial charge in [0.05, 0.1) is 5.69 Å². The van der Waals surface area contributed by atoms with Crippen LogP contribution in [0.3, 0.4) is 0 Å². The number of rotatable bonds is 5. The van der Waals surface area contributed by atoms with Crippen LogP contribution < -0.4 is 15.5 Å². The maximum absolute atomic E-state index is 13.6. The van der Waals surface area contributed by atoms with Gasteiger partial charge in [-0.05, 0) is 57.2 Å². The quantitative estimate of drug-likeness (QED) is 0.545. The van der Waals surface area contributed by atoms with Crippen LogP contribution in [0.5, 0.6) is 0 Å². The highest BCUT2D eigenvalue weighted by atomic mass is 19.1. The normalized spacial score (nSPS) is 10.9. The second-order valence-electron chi connectivity index (χ2n) is 8.09. The van der Waals surface area contributed by atoms with Crippen molar-refractivity contribution in [2.75, 3.05) is 22.6 Å². The molecule has 3 rings (SSSR count). The molecule has 7 nitrogen and oxygen atoms in total. The zero-order valence-electron chi connectivity index (χ0n) is 18.3. The molecule has 0 aliphatic carbocycles. The Kier molecular flexibility index (Phi) is 6.73. The van der Waals surface area contributed by atoms with Crippen LogP contribution in [-0.4, -0.2) is 29.6 Å². The molecule has 0 atom stereocenters. The molecular weight excluding hydrogens is 411 g/mol. The third-order valence-corrected chi connectivity index (χ3v) is 4.23. The predicted molar refractivity (Wildman–Crippen MR) is 123 cm³/mol. The van der Waals surface area contributed by atoms with E-state index in [0.29, 0.717) is 17.1 Å². The number of carbonyl (C=O) groups is 2. The van der Waals surface area contributed by atoms with Gasteiger partial charge in [-0.1, -0.05) is 24.3 Å². The molecular formula is C24H25FN4O3. The number of halogens is 1. The molecule has 2 N–H and O–H groups in total. The van der Waals surface area contributed by atoms with Gasteiger partial charge in [0.1, 0.15) is 22.9 Å². The third kappa shape index (κ3) is 6.28. The summed E-state index contributed by atoms with van der Waals surface area (Å²) in [4.78, 5) is 31.2. The van der Waals surface area contributed by atoms with E-state index in [1.54, 1.807) is 52.1 Å². The minimum absolute atomic E-state index is 0.0869. The lowest BCUT2D eigenvalue weighted by Gasteiger charge is -2.21. The highest BCUT2D eigenvalue weighted by Crippen LogP contribution is 2.23. The fourth-order valence-electron chi connectivity index (χ4n) is 2.85. The van der Waals surface area contributed by atoms with Crippen LogP contribution in [0.1, 0.15) is 31.3 Å². The molecule has 0 bridgehead atoms. The number of pyridine rings is 1. The Balaban J connectivity index is 1.93. The number of benzene rings is 2. The number of nitrogens with zero attached hydrogens (tertiary/aromatic N) is 2. The van der Waals surface area contributed by atoms with Crippen molar-refractivity contribution in [2.45, 2.75) is 26.4 Å². The molecule has 0 saturated heterocycles. The molecule has 0 fully saturated rings. The zero-order valence-corrected chi connectivity index (χ0v) is 18.3. The Labute approximate surface area is 186 Å². The number of ether oxygens (including phenoxy) is 1. The molecule has 1 aromatic heterocycles. The van der Waals surface area contributed by atoms with E-state index in [1.807, 2.05) is 18.2 Å². The maximum atomic E-state index is 13.6. The van der Waals surface area contributed by atoms with Crippen molar-refractivity contribution < 1.29 is 18.7 Å². The van der Waals surface area contributed by atoms with Gasteiger partial charge in [0.15, 0.2) is 0 Å². The van der Waals surface area contributed by atoms with Gasteiger partial charge in [0.2, 0.25) is 0 Å². The average molecular weight is 436 g/mol. The standard InChI is InChI=1S/C24H25FN4O3/c1-24(2,3)32-23(31)27-18-14-20(22(30)29(4)19-11-6-5-7-12-19)28-21(15-18)26-17-10-8-9-16(25)13-17/h5-15H,1-4H3,(H2,26,27,28,31). The van der Waals surface area contributed by atoms with Crippen molar-refractivity contribution in [3.8, 4) is 0 Å². The molecule has 2 aromatic carbocycles. The molecule has 32 heavy (non-hydrogen) atoms. The molecule has 3 aromatic rings. The van der Waals surface area contributed by atoms with Gasteiger partial charge in [-0.3, -0.25) is 10.1 Å². The second-order valence-corrected chi connectivity index (χ2v) is 8.09. The van der Waals surface area contributed by atoms with Gasteiger partial charge in [-0.2, -0.15) is 0 Å². The van der Waals surface area contributed by atoms with Crippen LogP contribution in [0.15, 0.2) is 66.7 Å². The number of carbonyl (C=O) groups excluding carboxylic acids is 2. The smallest absolute Gasteiger partial charge is 0.412 e. The van der Waals surface area contributed by atoms with Gasteiger partial charge < -0.3 is 15.0 Å². The number of anilines is 4. The number of aromatic nitrogens is 1. The van der Waals surface area contributed by atoms with Gasteiger partial charge >= 0.3 is 6.09 Å². The van der Waals surface area contributed by atoms with E-state index in [2.05, 4.69) is 15.6 Å². The lowest BCUT2D eigenvalue weighted by molar-refractivity contribution is 0.0635. The summed E-state index contributed by atoms with van der Waals surface area (Å²) in [5, 5.41) is 5.59. The van der Waals surface area contributed by atoms with E-state index >= 15 is 0 Å². The summed E-state index contributed by atoms with van der Waals surface area (Å²) in [7, 11) is 1.63. The molecule has 2 amide bonds. The summed E-state index contributed by atoms with van der Waals surface area (Å²) < 4.78 is 18.9. The molecule has 0 radical (unpaired) electrons. The summed E-state index contributed by atoms with van der Waals surface area (Å²) >= 11 is 0. The lowest BCUT2D eigenvalue weighted by Crippen LogP contribution is -2.28. The van der Waals surface area contributed by atoms with Crippen molar-refractivity contribution in [3.63, 3.8) is 0 Å². The van der Waals surface area contributed by atoms with Crippen molar-refractivity contribution in [2.24, 2.45) is 0 Å². The average Bonchev–Trinajstić information content (AvgIpc) is 2.71. The van der Waals surface area contributed by atoms with E-state index in [1.165, 1.54) is 29.2 Å². The third-order valence-electron chi connectivity index (χ3n) is 4.23. The van der Waals surface area contributed by atoms with Crippen LogP contribution in [0, 0.1) is 5.82 Å². The van der Waals surface area contributed by atoms with Crippen molar-refractivity contribution in [1.29, 1.82) is 0 Å². The molecule has 0 aliphatic rings. The maximum Gasteiger partial charge on any atom is 0.412 e. The Morgan fingerprint density at radius 3 is 2.34 bits per heavy atom. The summed E-state index contributed by atoms with van der Waals surface area (Å²) in [6, 6.07) is 17.9. The Bertz CT molecular complexity index is 1110. The summed E-state index contributed by atoms with van der Waals surface area (Å²) in [5.41, 5.74) is 0.833. The lowest BCUT2D eigenvalue weighted by atomic mass is 10.2. The Morgan fingerprint density at radius 1 is 0.969 bits per heavy atom. The first-order chi connectivity index (χ1) is 15.1. The van der Waals surface area contributed by atoms with Gasteiger partial charge in [-0.15, -0.1) is 0 Å². The Morgan fingerprint density at radius 2 is 1.69 bits per heavy atom. The van der Waals surface area contributed by atoms with E-state index in [9.17, 15) is 14.0 Å². The fourth-order valence-corrected chi connectivity index (χ4v) is 2.85. The molecule has 0 aliphatic heterocycles. The van der Waals surface area contributed by atoms with Gasteiger partial charge in [0.25, 0.3) is 5.91 Å². The molecule has 0 saturated carbocycles. The van der Waals surface area contributed by atoms with Gasteiger partial charge in [0, 0.05) is 24.5 Å². The monoisotopic (exact) mass is 436 g/mol. The highest BCUT2D eigenvalue weighted by molar-refractivity contribution is 6.05. The number of para-hydroxylation sites is 1. The molecule has 0 unspecified atom stereocenters. The van der Waals surface area contributed by atoms with E-state index in [-0.39, 0.29) is 17.4 Å². The van der Waals surface area contributed by atoms with Crippen molar-refractivity contribution in [3.05, 3.63) is 78.2 Å². The predicted octanol–water partition coefficient (Wildman–Crippen LogP) is 5.59. The number of hydrogen-bond donors (Lipinski definition) is 2. The van der Waals surface area contributed by atoms with Crippen LogP contribution in [0.4, 0.5) is 32.1 Å². The molecule has 1 heterocycles. The first-order valence-electron chi connectivity index (χ1n) is 9.98. The summed E-state index contributed by atoms with van der Waals surface area (Å²) in [6.45, 7) is 5.25. The van der Waals surface area contributed by atoms with Crippen LogP contribution in [-0.2, 0) is 4.74 Å². The SMILES string of the molecule is CN(C(=O)c1cc(NC(=O)OC(C)(C)C)cc(Nc2cccc(F)c2)n1)c1ccccc1. The number of amides is 2. The topological polar surface area (TPSA) is 83.6 Å². The number of nitrogens with one attached hydrogen (secondary N) is 2. The van der Waals surface area contributed by atoms with E-state index in [4.69, 9.17) is 4.74 Å². The first-order valence-corrected chi connectivity index (χ1v) is 9.98. The van der Waals surface area contributed by atoms with Crippen molar-refractivity contribution >= 4 is 34.9 Å². The van der Waals surface area contributed by atoms with Crippen molar-refractivity contribution in [1.82, 2.24) is 4.98 Å². The first kappa shape index (κ1) is 22.7. The summed E-state index contributed by atoms with van der Waals surface area (Å²) in [6.07, 6.45) is -0.671. The van der Waals surface area contributed by atoms with Gasteiger partial charge in [-0.25, -0.2) is 14.2 Å². The fraction of sp³-hybridized carbons (Fsp3) is 0.208. The number of hydrogen-bond acceptors (Lipinski definition) is 5. The Hall–Kier alpha value is -3.94. The van der Waals surface area contributed by atoms with E-state index < -0.39 is 17.5 Å². The molecule has 8 heteroatoms. The zero-order chi connectivity index (χ0) is 23.3. The minimum Gasteiger partial charge on any atom is -0.444 e. The highest BCUT2D eigenvalue weighted by Gasteiger charge is 2.20. The largest absolute Gasteiger partial charge is 0.444 e. The second kappa shape index (κ2) is 9.47. The molecule has 166 valence electrons. The minimum atomic E-state index is -0.689. The van der Waals surface area contributed by atoms with Crippen LogP contribution in [0.25, 0.3) is 0 Å². The van der Waals surface area contributed by atoms with Crippen LogP contribution >= 0.6 is 0 Å².